The summed E-state index contributed by atoms with van der Waals surface area (Å²) in [6.45, 7) is 2.32. The van der Waals surface area contributed by atoms with E-state index >= 15 is 0 Å². The van der Waals surface area contributed by atoms with Gasteiger partial charge >= 0.3 is 5.97 Å². The van der Waals surface area contributed by atoms with Gasteiger partial charge in [-0.15, -0.1) is 0 Å². The molecule has 1 aromatic rings. The van der Waals surface area contributed by atoms with Gasteiger partial charge < -0.3 is 4.74 Å². The number of hydrogen-bond donors (Lipinski definition) is 0. The summed E-state index contributed by atoms with van der Waals surface area (Å²) in [5, 5.41) is 0. The summed E-state index contributed by atoms with van der Waals surface area (Å²) in [5.74, 6) is 3.12. The first-order chi connectivity index (χ1) is 15.1. The smallest absolute Gasteiger partial charge is 0.306 e. The highest BCUT2D eigenvalue weighted by molar-refractivity contribution is 5.91. The van der Waals surface area contributed by atoms with E-state index in [-0.39, 0.29) is 17.5 Å². The molecule has 6 atom stereocenters. The molecule has 0 spiro atoms. The van der Waals surface area contributed by atoms with E-state index in [0.717, 1.165) is 50.4 Å². The third kappa shape index (κ3) is 3.79. The summed E-state index contributed by atoms with van der Waals surface area (Å²) in [7, 11) is 0. The number of allylic oxidation sites excluding steroid dienone is 1. The highest BCUT2D eigenvalue weighted by atomic mass is 16.5. The molecule has 0 bridgehead atoms. The predicted octanol–water partition coefficient (Wildman–Crippen LogP) is 6.06. The Morgan fingerprint density at radius 1 is 1.03 bits per heavy atom. The van der Waals surface area contributed by atoms with Crippen molar-refractivity contribution in [3.63, 3.8) is 0 Å². The summed E-state index contributed by atoms with van der Waals surface area (Å²) < 4.78 is 6.20. The van der Waals surface area contributed by atoms with Gasteiger partial charge in [0.1, 0.15) is 6.10 Å². The van der Waals surface area contributed by atoms with E-state index < -0.39 is 0 Å². The Balaban J connectivity index is 1.27. The van der Waals surface area contributed by atoms with E-state index in [2.05, 4.69) is 19.1 Å². The van der Waals surface area contributed by atoms with Crippen molar-refractivity contribution in [2.75, 3.05) is 0 Å². The zero-order valence-corrected chi connectivity index (χ0v) is 18.9. The van der Waals surface area contributed by atoms with Crippen LogP contribution in [0.15, 0.2) is 42.0 Å². The zero-order valence-electron chi connectivity index (χ0n) is 18.9. The van der Waals surface area contributed by atoms with Gasteiger partial charge in [-0.2, -0.15) is 0 Å². The van der Waals surface area contributed by atoms with Crippen molar-refractivity contribution in [3.05, 3.63) is 47.5 Å². The fraction of sp³-hybridized carbons (Fsp3) is 0.643. The predicted molar refractivity (Wildman–Crippen MR) is 121 cm³/mol. The van der Waals surface area contributed by atoms with E-state index in [1.165, 1.54) is 36.8 Å². The molecule has 0 radical (unpaired) electrons. The van der Waals surface area contributed by atoms with Crippen LogP contribution in [-0.4, -0.2) is 17.9 Å². The molecule has 0 amide bonds. The molecular formula is C28H36O3. The molecule has 3 nitrogen and oxygen atoms in total. The second-order valence-electron chi connectivity index (χ2n) is 10.5. The molecule has 0 aromatic heterocycles. The average Bonchev–Trinajstić information content (AvgIpc) is 3.16. The topological polar surface area (TPSA) is 43.4 Å². The van der Waals surface area contributed by atoms with Crippen molar-refractivity contribution < 1.29 is 14.3 Å². The fourth-order valence-corrected chi connectivity index (χ4v) is 7.89. The molecule has 0 unspecified atom stereocenters. The van der Waals surface area contributed by atoms with Gasteiger partial charge in [0.25, 0.3) is 0 Å². The minimum absolute atomic E-state index is 0.0240. The Morgan fingerprint density at radius 2 is 1.87 bits per heavy atom. The highest BCUT2D eigenvalue weighted by Crippen LogP contribution is 2.63. The van der Waals surface area contributed by atoms with Crippen LogP contribution in [0.5, 0.6) is 0 Å². The first-order valence-corrected chi connectivity index (χ1v) is 12.6. The van der Waals surface area contributed by atoms with Crippen LogP contribution in [0.1, 0.15) is 76.7 Å². The minimum Gasteiger partial charge on any atom is -0.462 e. The van der Waals surface area contributed by atoms with Gasteiger partial charge in [0.2, 0.25) is 0 Å². The second-order valence-corrected chi connectivity index (χ2v) is 10.5. The molecule has 0 heterocycles. The number of hydrogen-bond acceptors (Lipinski definition) is 3. The Morgan fingerprint density at radius 3 is 2.68 bits per heavy atom. The number of aryl methyl sites for hydroxylation is 1. The van der Waals surface area contributed by atoms with Gasteiger partial charge in [0.15, 0.2) is 5.78 Å². The van der Waals surface area contributed by atoms with Crippen molar-refractivity contribution in [2.24, 2.45) is 29.1 Å². The molecule has 4 aliphatic rings. The molecule has 0 saturated heterocycles. The number of fused-ring (bicyclic) bond motifs is 5. The van der Waals surface area contributed by atoms with Crippen molar-refractivity contribution in [1.82, 2.24) is 0 Å². The molecule has 1 aromatic carbocycles. The monoisotopic (exact) mass is 420 g/mol. The van der Waals surface area contributed by atoms with Crippen molar-refractivity contribution in [1.29, 1.82) is 0 Å². The molecule has 0 aliphatic heterocycles. The third-order valence-corrected chi connectivity index (χ3v) is 9.33. The number of carbonyl (C=O) groups excluding carboxylic acids is 2. The van der Waals surface area contributed by atoms with Gasteiger partial charge in [0.05, 0.1) is 0 Å². The number of esters is 1. The highest BCUT2D eigenvalue weighted by Gasteiger charge is 2.58. The summed E-state index contributed by atoms with van der Waals surface area (Å²) in [6, 6.07) is 10.2. The molecule has 3 fully saturated rings. The second kappa shape index (κ2) is 8.56. The maximum Gasteiger partial charge on any atom is 0.306 e. The van der Waals surface area contributed by atoms with Crippen LogP contribution in [0.3, 0.4) is 0 Å². The molecule has 3 heteroatoms. The van der Waals surface area contributed by atoms with Crippen LogP contribution >= 0.6 is 0 Å². The van der Waals surface area contributed by atoms with Crippen molar-refractivity contribution in [2.45, 2.75) is 83.7 Å². The maximum atomic E-state index is 12.7. The van der Waals surface area contributed by atoms with Crippen LogP contribution in [0, 0.1) is 29.1 Å². The van der Waals surface area contributed by atoms with Gasteiger partial charge in [-0.1, -0.05) is 42.8 Å². The van der Waals surface area contributed by atoms with E-state index in [1.807, 2.05) is 24.3 Å². The first-order valence-electron chi connectivity index (χ1n) is 12.6. The lowest BCUT2D eigenvalue weighted by atomic mass is 9.51. The molecule has 166 valence electrons. The molecule has 4 aliphatic carbocycles. The van der Waals surface area contributed by atoms with Gasteiger partial charge in [-0.3, -0.25) is 9.59 Å². The maximum absolute atomic E-state index is 12.7. The zero-order chi connectivity index (χ0) is 21.4. The Kier molecular flexibility index (Phi) is 5.79. The molecular weight excluding hydrogens is 384 g/mol. The quantitative estimate of drug-likeness (QED) is 0.544. The summed E-state index contributed by atoms with van der Waals surface area (Å²) in [4.78, 5) is 24.7. The molecule has 3 saturated carbocycles. The van der Waals surface area contributed by atoms with Crippen LogP contribution in [0.4, 0.5) is 0 Å². The van der Waals surface area contributed by atoms with Crippen molar-refractivity contribution >= 4 is 11.8 Å². The van der Waals surface area contributed by atoms with Crippen LogP contribution in [0.25, 0.3) is 0 Å². The van der Waals surface area contributed by atoms with E-state index in [1.54, 1.807) is 0 Å². The van der Waals surface area contributed by atoms with Gasteiger partial charge in [-0.25, -0.2) is 0 Å². The Bertz CT molecular complexity index is 856. The van der Waals surface area contributed by atoms with E-state index in [9.17, 15) is 9.59 Å². The number of benzene rings is 1. The number of rotatable bonds is 5. The normalized spacial score (nSPS) is 36.7. The Labute approximate surface area is 186 Å². The van der Waals surface area contributed by atoms with Gasteiger partial charge in [0, 0.05) is 18.3 Å². The number of ether oxygens (including phenoxy) is 1. The lowest BCUT2D eigenvalue weighted by Gasteiger charge is -2.54. The Hall–Kier alpha value is -1.90. The minimum atomic E-state index is -0.0240. The summed E-state index contributed by atoms with van der Waals surface area (Å²) in [6.07, 6.45) is 13.2. The standard InChI is InChI=1S/C28H36O3/c1-2-28-17-16-23-22-12-10-21(29)18-20(22)9-11-24(23)25(28)13-14-26(28)31-27(30)15-8-19-6-4-3-5-7-19/h3-7,18,22-26H,2,8-17H2,1H3/t22-,23+,24+,25-,26-,28-/m0/s1. The largest absolute Gasteiger partial charge is 0.462 e. The molecule has 5 rings (SSSR count). The van der Waals surface area contributed by atoms with Crippen LogP contribution in [0.2, 0.25) is 0 Å². The lowest BCUT2D eigenvalue weighted by molar-refractivity contribution is -0.160. The average molecular weight is 421 g/mol. The summed E-state index contributed by atoms with van der Waals surface area (Å²) in [5.41, 5.74) is 2.82. The summed E-state index contributed by atoms with van der Waals surface area (Å²) >= 11 is 0. The van der Waals surface area contributed by atoms with Crippen molar-refractivity contribution in [3.8, 4) is 0 Å². The van der Waals surface area contributed by atoms with E-state index in [4.69, 9.17) is 4.74 Å². The van der Waals surface area contributed by atoms with E-state index in [0.29, 0.717) is 24.0 Å². The molecule has 31 heavy (non-hydrogen) atoms. The fourth-order valence-electron chi connectivity index (χ4n) is 7.89. The third-order valence-electron chi connectivity index (χ3n) is 9.33. The first kappa shape index (κ1) is 21.0. The lowest BCUT2D eigenvalue weighted by Crippen LogP contribution is -2.49. The number of ketones is 1. The molecule has 0 N–H and O–H groups in total. The van der Waals surface area contributed by atoms with Crippen LogP contribution < -0.4 is 0 Å². The van der Waals surface area contributed by atoms with Crippen LogP contribution in [-0.2, 0) is 20.7 Å². The SMILES string of the molecule is CC[C@]12CC[C@H]3[C@@H](CCC4=CC(=O)CC[C@@H]43)[C@@H]1CC[C@@H]2OC(=O)CCc1ccccc1. The number of carbonyl (C=O) groups is 2. The van der Waals surface area contributed by atoms with Gasteiger partial charge in [-0.05, 0) is 93.1 Å².